The SMILES string of the molecule is COc1ccc(CCO)cc1OC.COc1ccc(CCO[C@@H]2CCCC[C@H]2N)cc1OC.COc1ccc(CCO[C@@H]2CCCC[C@H]2N)cc1OC.O=C(O)C(=O)O.O=C1CCCCC1Cl.OOC#COO.O[C@@H](CBr)CCBr.[CH2-]COC1CCCCC1=O.[Y]. The number of Topliss-reactive ketones (excluding diaryl/α,β-unsaturated/α-hetero) is 2. The summed E-state index contributed by atoms with van der Waals surface area (Å²) in [5, 5.41) is 48.4. The van der Waals surface area contributed by atoms with Crippen molar-refractivity contribution in [1.29, 1.82) is 0 Å². The van der Waals surface area contributed by atoms with Crippen LogP contribution in [0.4, 0.5) is 0 Å². The van der Waals surface area contributed by atoms with Gasteiger partial charge in [-0.25, -0.2) is 9.59 Å². The molecule has 23 nitrogen and oxygen atoms in total. The number of ketones is 2. The van der Waals surface area contributed by atoms with Gasteiger partial charge < -0.3 is 81.4 Å². The Morgan fingerprint density at radius 2 is 0.956 bits per heavy atom. The minimum Gasteiger partial charge on any atom is -0.493 e. The molecular weight excluding hydrogens is 1420 g/mol. The summed E-state index contributed by atoms with van der Waals surface area (Å²) in [6.45, 7) is 5.51. The van der Waals surface area contributed by atoms with Crippen molar-refractivity contribution in [3.63, 3.8) is 0 Å². The average molecular weight is 1520 g/mol. The zero-order valence-electron chi connectivity index (χ0n) is 53.5. The van der Waals surface area contributed by atoms with Crippen molar-refractivity contribution in [2.24, 2.45) is 11.5 Å². The van der Waals surface area contributed by atoms with Crippen LogP contribution in [0.5, 0.6) is 34.5 Å². The summed E-state index contributed by atoms with van der Waals surface area (Å²) >= 11 is 12.0. The second-order valence-corrected chi connectivity index (χ2v) is 22.3. The molecule has 4 fully saturated rings. The maximum atomic E-state index is 11.0. The molecule has 27 heteroatoms. The number of carbonyl (C=O) groups is 4. The zero-order valence-corrected chi connectivity index (χ0v) is 60.3. The Kier molecular flexibility index (Phi) is 56.1. The minimum atomic E-state index is -1.82. The smallest absolute Gasteiger partial charge is 0.414 e. The van der Waals surface area contributed by atoms with E-state index in [1.807, 2.05) is 54.6 Å². The molecule has 3 aromatic carbocycles. The molecule has 0 spiro atoms. The number of carbonyl (C=O) groups excluding carboxylic acids is 2. The third kappa shape index (κ3) is 41.4. The van der Waals surface area contributed by atoms with Crippen LogP contribution in [0.25, 0.3) is 0 Å². The first-order valence-electron chi connectivity index (χ1n) is 29.8. The Morgan fingerprint density at radius 1 is 0.582 bits per heavy atom. The van der Waals surface area contributed by atoms with E-state index in [9.17, 15) is 9.59 Å². The number of rotatable bonds is 21. The van der Waals surface area contributed by atoms with Crippen molar-refractivity contribution < 1.29 is 135 Å². The molecule has 515 valence electrons. The van der Waals surface area contributed by atoms with Gasteiger partial charge in [0.1, 0.15) is 6.10 Å². The van der Waals surface area contributed by atoms with Crippen molar-refractivity contribution in [2.75, 3.05) is 79.7 Å². The summed E-state index contributed by atoms with van der Waals surface area (Å²) in [5.74, 6) is 1.30. The molecular formula is C64H98Br2ClN2O21Y-. The van der Waals surface area contributed by atoms with Crippen LogP contribution in [0.2, 0.25) is 0 Å². The van der Waals surface area contributed by atoms with Crippen LogP contribution in [-0.4, -0.2) is 176 Å². The first kappa shape index (κ1) is 89.0. The number of hydrogen-bond donors (Lipinski definition) is 8. The van der Waals surface area contributed by atoms with Crippen LogP contribution in [-0.2, 0) is 95.1 Å². The van der Waals surface area contributed by atoms with E-state index in [-0.39, 0.29) is 92.8 Å². The van der Waals surface area contributed by atoms with Crippen LogP contribution in [0, 0.1) is 19.1 Å². The molecule has 0 aliphatic heterocycles. The summed E-state index contributed by atoms with van der Waals surface area (Å²) in [7, 11) is 9.79. The summed E-state index contributed by atoms with van der Waals surface area (Å²) < 4.78 is 48.3. The molecule has 4 aliphatic rings. The predicted octanol–water partition coefficient (Wildman–Crippen LogP) is 9.95. The average Bonchev–Trinajstić information content (AvgIpc) is 2.45. The number of carboxylic acids is 2. The summed E-state index contributed by atoms with van der Waals surface area (Å²) in [6, 6.07) is 18.0. The van der Waals surface area contributed by atoms with Crippen LogP contribution in [0.1, 0.15) is 126 Å². The minimum absolute atomic E-state index is 0. The fraction of sp³-hybridized carbons (Fsp3) is 0.609. The molecule has 1 radical (unpaired) electrons. The first-order valence-corrected chi connectivity index (χ1v) is 32.4. The Balaban J connectivity index is 0. The van der Waals surface area contributed by atoms with E-state index in [2.05, 4.69) is 48.6 Å². The van der Waals surface area contributed by atoms with E-state index in [0.29, 0.717) is 55.9 Å². The summed E-state index contributed by atoms with van der Waals surface area (Å²) in [4.78, 5) is 46.2. The Morgan fingerprint density at radius 3 is 1.24 bits per heavy atom. The largest absolute Gasteiger partial charge is 0.493 e. The van der Waals surface area contributed by atoms with Crippen molar-refractivity contribution >= 4 is 67.0 Å². The molecule has 7 atom stereocenters. The number of benzene rings is 3. The van der Waals surface area contributed by atoms with Gasteiger partial charge in [-0.3, -0.25) is 19.4 Å². The molecule has 4 saturated carbocycles. The van der Waals surface area contributed by atoms with Gasteiger partial charge in [0.05, 0.1) is 79.6 Å². The number of hydrogen-bond acceptors (Lipinski definition) is 21. The molecule has 0 heterocycles. The fourth-order valence-electron chi connectivity index (χ4n) is 9.01. The van der Waals surface area contributed by atoms with E-state index in [4.69, 9.17) is 106 Å². The van der Waals surface area contributed by atoms with Gasteiger partial charge in [0.2, 0.25) is 12.2 Å². The molecule has 0 saturated heterocycles. The van der Waals surface area contributed by atoms with Gasteiger partial charge in [-0.15, -0.1) is 11.6 Å². The van der Waals surface area contributed by atoms with E-state index in [0.717, 1.165) is 117 Å². The molecule has 4 aliphatic carbocycles. The number of halogens is 3. The Labute approximate surface area is 584 Å². The number of methoxy groups -OCH3 is 6. The second-order valence-electron chi connectivity index (χ2n) is 20.3. The second kappa shape index (κ2) is 57.4. The van der Waals surface area contributed by atoms with Crippen molar-refractivity contribution in [2.45, 2.75) is 170 Å². The number of aliphatic hydroxyl groups is 2. The normalized spacial score (nSPS) is 18.9. The van der Waals surface area contributed by atoms with Crippen LogP contribution >= 0.6 is 43.5 Å². The van der Waals surface area contributed by atoms with Gasteiger partial charge in [-0.2, -0.15) is 10.5 Å². The summed E-state index contributed by atoms with van der Waals surface area (Å²) in [6.07, 6.45) is 23.2. The van der Waals surface area contributed by atoms with Gasteiger partial charge >= 0.3 is 11.9 Å². The number of ether oxygens (including phenoxy) is 9. The van der Waals surface area contributed by atoms with Gasteiger partial charge in [0, 0.05) is 74.9 Å². The van der Waals surface area contributed by atoms with Crippen molar-refractivity contribution in [3.8, 4) is 46.7 Å². The molecule has 91 heavy (non-hydrogen) atoms. The molecule has 3 aromatic rings. The van der Waals surface area contributed by atoms with Crippen molar-refractivity contribution in [1.82, 2.24) is 0 Å². The number of aliphatic hydroxyl groups excluding tert-OH is 2. The van der Waals surface area contributed by atoms with Crippen LogP contribution in [0.15, 0.2) is 54.6 Å². The molecule has 0 amide bonds. The van der Waals surface area contributed by atoms with Crippen LogP contribution < -0.4 is 39.9 Å². The predicted molar refractivity (Wildman–Crippen MR) is 350 cm³/mol. The fourth-order valence-corrected chi connectivity index (χ4v) is 10.1. The molecule has 7 rings (SSSR count). The topological polar surface area (TPSA) is 343 Å². The van der Waals surface area contributed by atoms with Gasteiger partial charge in [-0.1, -0.05) is 88.8 Å². The first-order chi connectivity index (χ1) is 43.3. The third-order valence-electron chi connectivity index (χ3n) is 13.9. The quantitative estimate of drug-likeness (QED) is 0.0123. The number of alkyl halides is 3. The molecule has 0 aromatic heterocycles. The maximum Gasteiger partial charge on any atom is 0.414 e. The molecule has 10 N–H and O–H groups in total. The monoisotopic (exact) mass is 1510 g/mol. The van der Waals surface area contributed by atoms with Crippen molar-refractivity contribution in [3.05, 3.63) is 78.2 Å². The van der Waals surface area contributed by atoms with E-state index < -0.39 is 11.9 Å². The van der Waals surface area contributed by atoms with E-state index >= 15 is 0 Å². The van der Waals surface area contributed by atoms with Gasteiger partial charge in [-0.05, 0) is 137 Å². The zero-order chi connectivity index (χ0) is 67.5. The summed E-state index contributed by atoms with van der Waals surface area (Å²) in [5.41, 5.74) is 15.6. The van der Waals surface area contributed by atoms with E-state index in [1.165, 1.54) is 49.0 Å². The number of carboxylic acid groups (broad SMARTS) is 2. The number of aliphatic carboxylic acids is 2. The standard InChI is InChI=1S/2C16H25NO3.C10H14O3.C8H13O2.C6H9ClO.C4H8Br2O.2C2H2O4.Y/c2*1-18-15-8-7-12(11-16(15)19-2)9-10-20-14-6-4-3-5-13(14)17;1-12-9-4-3-8(5-6-11)7-10(9)13-2;1-2-10-8-6-4-3-5-7(8)9;7-5-3-1-2-4-6(5)8;5-2-1-4(7)3-6;3-5-1-2-6-4;3-1(4)2(5)6;/h2*7-8,11,13-14H,3-6,9-10,17H2,1-2H3;3-4,7,11H,5-6H2,1-2H3;8H,1-6H2;5H,1-4H2;4,7H,1-3H2;3-4H;(H,3,4)(H,5,6);/q;;;-1;;;;;/t2*13-,14-;;;;4-;;;/m11...1.../s1. The van der Waals surface area contributed by atoms with Crippen LogP contribution in [0.3, 0.4) is 0 Å². The number of nitrogens with two attached hydrogens (primary N) is 2. The van der Waals surface area contributed by atoms with Gasteiger partial charge in [0.25, 0.3) is 0 Å². The van der Waals surface area contributed by atoms with Gasteiger partial charge in [0.15, 0.2) is 46.1 Å². The Hall–Kier alpha value is -4.11. The maximum absolute atomic E-state index is 11.0. The molecule has 0 bridgehead atoms. The Bertz CT molecular complexity index is 2360. The molecule has 2 unspecified atom stereocenters. The van der Waals surface area contributed by atoms with E-state index in [1.54, 1.807) is 42.7 Å². The third-order valence-corrected chi connectivity index (χ3v) is 15.6.